The average molecular weight is 451 g/mol. The number of methoxy groups -OCH3 is 1. The van der Waals surface area contributed by atoms with E-state index < -0.39 is 0 Å². The van der Waals surface area contributed by atoms with Crippen LogP contribution in [-0.2, 0) is 11.3 Å². The van der Waals surface area contributed by atoms with Gasteiger partial charge in [-0.25, -0.2) is 4.68 Å². The van der Waals surface area contributed by atoms with Crippen molar-refractivity contribution in [1.82, 2.24) is 14.7 Å². The first kappa shape index (κ1) is 22.0. The lowest BCUT2D eigenvalue weighted by atomic mass is 10.2. The van der Waals surface area contributed by atoms with Crippen LogP contribution in [0.2, 0.25) is 5.15 Å². The number of halogens is 1. The predicted octanol–water partition coefficient (Wildman–Crippen LogP) is 4.26. The molecule has 4 rings (SSSR count). The van der Waals surface area contributed by atoms with Crippen molar-refractivity contribution in [2.24, 2.45) is 0 Å². The highest BCUT2D eigenvalue weighted by molar-refractivity contribution is 6.31. The van der Waals surface area contributed by atoms with Gasteiger partial charge in [-0.05, 0) is 42.8 Å². The lowest BCUT2D eigenvalue weighted by molar-refractivity contribution is -0.126. The summed E-state index contributed by atoms with van der Waals surface area (Å²) in [5.41, 5.74) is 3.85. The highest BCUT2D eigenvalue weighted by Gasteiger charge is 2.20. The van der Waals surface area contributed by atoms with E-state index in [1.165, 1.54) is 0 Å². The predicted molar refractivity (Wildman–Crippen MR) is 128 cm³/mol. The fourth-order valence-electron chi connectivity index (χ4n) is 3.86. The Bertz CT molecular complexity index is 1090. The maximum atomic E-state index is 12.8. The van der Waals surface area contributed by atoms with E-state index in [1.807, 2.05) is 66.4 Å². The molecule has 7 heteroatoms. The number of rotatable bonds is 6. The number of nitrogens with zero attached hydrogens (tertiary/aromatic N) is 4. The maximum absolute atomic E-state index is 12.8. The van der Waals surface area contributed by atoms with Crippen molar-refractivity contribution in [1.29, 1.82) is 0 Å². The SMILES string of the molecule is COc1ccc(N2CCN(C(=O)/C=C/c3c(C)nn(Cc4ccccc4)c3Cl)CC2)cc1. The molecule has 1 aliphatic rings. The van der Waals surface area contributed by atoms with Gasteiger partial charge in [0.15, 0.2) is 0 Å². The molecule has 6 nitrogen and oxygen atoms in total. The van der Waals surface area contributed by atoms with E-state index in [-0.39, 0.29) is 5.91 Å². The van der Waals surface area contributed by atoms with E-state index in [4.69, 9.17) is 16.3 Å². The molecule has 32 heavy (non-hydrogen) atoms. The maximum Gasteiger partial charge on any atom is 0.246 e. The quantitative estimate of drug-likeness (QED) is 0.526. The Morgan fingerprint density at radius 1 is 1.06 bits per heavy atom. The minimum absolute atomic E-state index is 0.00865. The van der Waals surface area contributed by atoms with Crippen LogP contribution in [0.1, 0.15) is 16.8 Å². The first-order valence-electron chi connectivity index (χ1n) is 10.7. The Labute approximate surface area is 193 Å². The topological polar surface area (TPSA) is 50.6 Å². The second-order valence-electron chi connectivity index (χ2n) is 7.78. The van der Waals surface area contributed by atoms with Crippen LogP contribution in [0.4, 0.5) is 5.69 Å². The standard InChI is InChI=1S/C25H27ClN4O2/c1-19-23(25(26)30(27-19)18-20-6-4-3-5-7-20)12-13-24(31)29-16-14-28(15-17-29)21-8-10-22(32-2)11-9-21/h3-13H,14-18H2,1-2H3/b13-12+. The third-order valence-corrected chi connectivity index (χ3v) is 6.10. The molecule has 3 aromatic rings. The van der Waals surface area contributed by atoms with Gasteiger partial charge >= 0.3 is 0 Å². The number of piperazine rings is 1. The lowest BCUT2D eigenvalue weighted by Gasteiger charge is -2.35. The summed E-state index contributed by atoms with van der Waals surface area (Å²) in [6.07, 6.45) is 3.39. The van der Waals surface area contributed by atoms with Gasteiger partial charge < -0.3 is 14.5 Å². The molecule has 1 saturated heterocycles. The van der Waals surface area contributed by atoms with Crippen LogP contribution >= 0.6 is 11.6 Å². The largest absolute Gasteiger partial charge is 0.497 e. The summed E-state index contributed by atoms with van der Waals surface area (Å²) >= 11 is 6.57. The first-order chi connectivity index (χ1) is 15.5. The molecule has 166 valence electrons. The molecule has 0 radical (unpaired) electrons. The summed E-state index contributed by atoms with van der Waals surface area (Å²) in [6.45, 7) is 5.44. The number of hydrogen-bond donors (Lipinski definition) is 0. The molecular weight excluding hydrogens is 424 g/mol. The third-order valence-electron chi connectivity index (χ3n) is 5.71. The van der Waals surface area contributed by atoms with Crippen molar-refractivity contribution in [2.45, 2.75) is 13.5 Å². The van der Waals surface area contributed by atoms with Crippen molar-refractivity contribution >= 4 is 29.3 Å². The molecule has 2 heterocycles. The minimum atomic E-state index is -0.00865. The summed E-state index contributed by atoms with van der Waals surface area (Å²) in [6, 6.07) is 18.1. The summed E-state index contributed by atoms with van der Waals surface area (Å²) in [5.74, 6) is 0.833. The molecule has 0 bridgehead atoms. The monoisotopic (exact) mass is 450 g/mol. The number of carbonyl (C=O) groups excluding carboxylic acids is 1. The second kappa shape index (κ2) is 9.92. The van der Waals surface area contributed by atoms with Crippen molar-refractivity contribution < 1.29 is 9.53 Å². The van der Waals surface area contributed by atoms with Crippen molar-refractivity contribution in [3.63, 3.8) is 0 Å². The van der Waals surface area contributed by atoms with Crippen molar-refractivity contribution in [2.75, 3.05) is 38.2 Å². The molecule has 1 aromatic heterocycles. The number of carbonyl (C=O) groups is 1. The molecule has 0 spiro atoms. The van der Waals surface area contributed by atoms with E-state index in [0.29, 0.717) is 24.8 Å². The summed E-state index contributed by atoms with van der Waals surface area (Å²) in [7, 11) is 1.66. The van der Waals surface area contributed by atoms with Crippen molar-refractivity contribution in [3.05, 3.63) is 82.6 Å². The number of anilines is 1. The van der Waals surface area contributed by atoms with Gasteiger partial charge in [0, 0.05) is 43.5 Å². The van der Waals surface area contributed by atoms with E-state index in [1.54, 1.807) is 23.9 Å². The van der Waals surface area contributed by atoms with Crippen LogP contribution < -0.4 is 9.64 Å². The Morgan fingerprint density at radius 3 is 2.41 bits per heavy atom. The lowest BCUT2D eigenvalue weighted by Crippen LogP contribution is -2.48. The molecule has 1 amide bonds. The van der Waals surface area contributed by atoms with Gasteiger partial charge in [0.25, 0.3) is 0 Å². The first-order valence-corrected chi connectivity index (χ1v) is 11.1. The molecule has 0 aliphatic carbocycles. The van der Waals surface area contributed by atoms with Crippen LogP contribution in [0.25, 0.3) is 6.08 Å². The van der Waals surface area contributed by atoms with E-state index >= 15 is 0 Å². The fraction of sp³-hybridized carbons (Fsp3) is 0.280. The Balaban J connectivity index is 1.36. The van der Waals surface area contributed by atoms with Crippen LogP contribution in [0, 0.1) is 6.92 Å². The minimum Gasteiger partial charge on any atom is -0.497 e. The van der Waals surface area contributed by atoms with Gasteiger partial charge in [-0.2, -0.15) is 5.10 Å². The van der Waals surface area contributed by atoms with Gasteiger partial charge in [-0.3, -0.25) is 4.79 Å². The van der Waals surface area contributed by atoms with Gasteiger partial charge in [0.2, 0.25) is 5.91 Å². The Morgan fingerprint density at radius 2 is 1.75 bits per heavy atom. The molecule has 0 unspecified atom stereocenters. The van der Waals surface area contributed by atoms with E-state index in [9.17, 15) is 4.79 Å². The number of ether oxygens (including phenoxy) is 1. The molecule has 0 saturated carbocycles. The van der Waals surface area contributed by atoms with Crippen LogP contribution in [0.15, 0.2) is 60.7 Å². The summed E-state index contributed by atoms with van der Waals surface area (Å²) < 4.78 is 6.99. The number of amides is 1. The number of benzene rings is 2. The third kappa shape index (κ3) is 4.97. The molecular formula is C25H27ClN4O2. The van der Waals surface area contributed by atoms with E-state index in [0.717, 1.165) is 41.3 Å². The zero-order valence-electron chi connectivity index (χ0n) is 18.4. The Kier molecular flexibility index (Phi) is 6.81. The van der Waals surface area contributed by atoms with Gasteiger partial charge in [-0.1, -0.05) is 41.9 Å². The summed E-state index contributed by atoms with van der Waals surface area (Å²) in [4.78, 5) is 16.9. The molecule has 1 aliphatic heterocycles. The average Bonchev–Trinajstić information content (AvgIpc) is 3.10. The second-order valence-corrected chi connectivity index (χ2v) is 8.13. The fourth-order valence-corrected chi connectivity index (χ4v) is 4.15. The highest BCUT2D eigenvalue weighted by Crippen LogP contribution is 2.23. The number of aryl methyl sites for hydroxylation is 1. The smallest absolute Gasteiger partial charge is 0.246 e. The zero-order valence-corrected chi connectivity index (χ0v) is 19.1. The number of hydrogen-bond acceptors (Lipinski definition) is 4. The van der Waals surface area contributed by atoms with Crippen LogP contribution in [0.3, 0.4) is 0 Å². The zero-order chi connectivity index (χ0) is 22.5. The van der Waals surface area contributed by atoms with Gasteiger partial charge in [0.05, 0.1) is 19.3 Å². The van der Waals surface area contributed by atoms with Gasteiger partial charge in [0.1, 0.15) is 10.9 Å². The highest BCUT2D eigenvalue weighted by atomic mass is 35.5. The summed E-state index contributed by atoms with van der Waals surface area (Å²) in [5, 5.41) is 5.09. The van der Waals surface area contributed by atoms with Crippen molar-refractivity contribution in [3.8, 4) is 5.75 Å². The molecule has 0 N–H and O–H groups in total. The number of aromatic nitrogens is 2. The molecule has 1 fully saturated rings. The van der Waals surface area contributed by atoms with Gasteiger partial charge in [-0.15, -0.1) is 0 Å². The normalized spacial score (nSPS) is 14.2. The Hall–Kier alpha value is -3.25. The molecule has 0 atom stereocenters. The van der Waals surface area contributed by atoms with Crippen LogP contribution in [0.5, 0.6) is 5.75 Å². The van der Waals surface area contributed by atoms with E-state index in [2.05, 4.69) is 10.00 Å². The van der Waals surface area contributed by atoms with Crippen LogP contribution in [-0.4, -0.2) is 53.9 Å². The molecule has 2 aromatic carbocycles.